The van der Waals surface area contributed by atoms with Gasteiger partial charge >= 0.3 is 0 Å². The maximum atomic E-state index is 12.9. The van der Waals surface area contributed by atoms with E-state index in [0.717, 1.165) is 17.5 Å². The van der Waals surface area contributed by atoms with Gasteiger partial charge in [-0.1, -0.05) is 47.4 Å². The number of anilines is 1. The Morgan fingerprint density at radius 2 is 1.97 bits per heavy atom. The highest BCUT2D eigenvalue weighted by Crippen LogP contribution is 2.34. The van der Waals surface area contributed by atoms with Crippen molar-refractivity contribution in [1.82, 2.24) is 10.3 Å². The summed E-state index contributed by atoms with van der Waals surface area (Å²) in [6.45, 7) is 4.35. The zero-order chi connectivity index (χ0) is 26.0. The number of fused-ring (bicyclic) bond motifs is 1. The molecular formula is C26H22Br2ClN3O3S. The van der Waals surface area contributed by atoms with Crippen molar-refractivity contribution in [2.75, 3.05) is 12.4 Å². The fourth-order valence-electron chi connectivity index (χ4n) is 3.62. The molecule has 0 aliphatic carbocycles. The molecule has 2 N–H and O–H groups in total. The minimum Gasteiger partial charge on any atom is -0.495 e. The number of thiocarbonyl (C=S) groups is 1. The van der Waals surface area contributed by atoms with Crippen molar-refractivity contribution in [3.8, 4) is 17.2 Å². The number of oxazole rings is 1. The molecule has 0 saturated heterocycles. The topological polar surface area (TPSA) is 76.4 Å². The van der Waals surface area contributed by atoms with E-state index in [9.17, 15) is 4.79 Å². The molecule has 3 aromatic carbocycles. The van der Waals surface area contributed by atoms with Crippen LogP contribution in [0.25, 0.3) is 22.6 Å². The molecule has 1 aromatic heterocycles. The van der Waals surface area contributed by atoms with Crippen molar-refractivity contribution in [3.63, 3.8) is 0 Å². The average molecular weight is 652 g/mol. The van der Waals surface area contributed by atoms with Crippen molar-refractivity contribution >= 4 is 83.5 Å². The Bertz CT molecular complexity index is 1470. The molecule has 0 bridgehead atoms. The lowest BCUT2D eigenvalue weighted by atomic mass is 9.98. The Morgan fingerprint density at radius 1 is 1.19 bits per heavy atom. The molecule has 36 heavy (non-hydrogen) atoms. The Balaban J connectivity index is 1.55. The van der Waals surface area contributed by atoms with Gasteiger partial charge in [0.1, 0.15) is 11.3 Å². The van der Waals surface area contributed by atoms with Crippen LogP contribution < -0.4 is 15.4 Å². The van der Waals surface area contributed by atoms with Crippen molar-refractivity contribution in [2.24, 2.45) is 0 Å². The summed E-state index contributed by atoms with van der Waals surface area (Å²) in [5, 5.41) is 6.15. The van der Waals surface area contributed by atoms with Crippen LogP contribution in [0, 0.1) is 0 Å². The second-order valence-corrected chi connectivity index (χ2v) is 10.7. The van der Waals surface area contributed by atoms with Crippen LogP contribution in [-0.2, 0) is 0 Å². The van der Waals surface area contributed by atoms with Gasteiger partial charge in [0.25, 0.3) is 5.91 Å². The van der Waals surface area contributed by atoms with E-state index in [1.54, 1.807) is 24.3 Å². The second-order valence-electron chi connectivity index (χ2n) is 8.13. The van der Waals surface area contributed by atoms with Gasteiger partial charge < -0.3 is 14.5 Å². The molecule has 1 heterocycles. The van der Waals surface area contributed by atoms with Crippen LogP contribution in [0.5, 0.6) is 5.75 Å². The third kappa shape index (κ3) is 5.75. The first-order chi connectivity index (χ1) is 17.2. The number of hydrogen-bond acceptors (Lipinski definition) is 5. The normalized spacial score (nSPS) is 11.8. The van der Waals surface area contributed by atoms with Crippen LogP contribution in [0.3, 0.4) is 0 Å². The van der Waals surface area contributed by atoms with Gasteiger partial charge in [-0.15, -0.1) is 0 Å². The largest absolute Gasteiger partial charge is 0.495 e. The van der Waals surface area contributed by atoms with E-state index in [1.165, 1.54) is 12.7 Å². The smallest absolute Gasteiger partial charge is 0.261 e. The number of hydrogen-bond donors (Lipinski definition) is 2. The summed E-state index contributed by atoms with van der Waals surface area (Å²) in [5.41, 5.74) is 4.26. The molecule has 0 unspecified atom stereocenters. The number of nitrogens with zero attached hydrogens (tertiary/aromatic N) is 1. The van der Waals surface area contributed by atoms with Gasteiger partial charge in [-0.2, -0.15) is 0 Å². The van der Waals surface area contributed by atoms with E-state index in [4.69, 9.17) is 33.0 Å². The average Bonchev–Trinajstić information content (AvgIpc) is 3.27. The predicted octanol–water partition coefficient (Wildman–Crippen LogP) is 8.32. The Labute approximate surface area is 236 Å². The van der Waals surface area contributed by atoms with Crippen LogP contribution in [0.15, 0.2) is 61.9 Å². The first-order valence-corrected chi connectivity index (χ1v) is 13.4. The van der Waals surface area contributed by atoms with E-state index in [1.807, 2.05) is 12.1 Å². The lowest BCUT2D eigenvalue weighted by Crippen LogP contribution is -2.34. The highest BCUT2D eigenvalue weighted by atomic mass is 79.9. The van der Waals surface area contributed by atoms with Gasteiger partial charge in [-0.3, -0.25) is 10.1 Å². The number of ether oxygens (including phenoxy) is 1. The van der Waals surface area contributed by atoms with E-state index >= 15 is 0 Å². The van der Waals surface area contributed by atoms with Gasteiger partial charge in [0, 0.05) is 10.0 Å². The first-order valence-electron chi connectivity index (χ1n) is 11.1. The van der Waals surface area contributed by atoms with Crippen LogP contribution in [0.4, 0.5) is 5.69 Å². The highest BCUT2D eigenvalue weighted by molar-refractivity contribution is 9.11. The Kier molecular flexibility index (Phi) is 8.34. The van der Waals surface area contributed by atoms with E-state index < -0.39 is 5.91 Å². The molecule has 0 radical (unpaired) electrons. The molecule has 6 nitrogen and oxygen atoms in total. The summed E-state index contributed by atoms with van der Waals surface area (Å²) < 4.78 is 12.7. The van der Waals surface area contributed by atoms with E-state index in [-0.39, 0.29) is 5.11 Å². The number of nitrogens with one attached hydrogen (secondary N) is 2. The van der Waals surface area contributed by atoms with Crippen molar-refractivity contribution in [1.29, 1.82) is 0 Å². The molecule has 4 aromatic rings. The summed E-state index contributed by atoms with van der Waals surface area (Å²) in [6.07, 6.45) is 1.05. The summed E-state index contributed by atoms with van der Waals surface area (Å²) in [4.78, 5) is 17.6. The number of aromatic nitrogens is 1. The predicted molar refractivity (Wildman–Crippen MR) is 155 cm³/mol. The Hall–Kier alpha value is -2.46. The number of amides is 1. The van der Waals surface area contributed by atoms with Crippen molar-refractivity contribution in [3.05, 3.63) is 73.6 Å². The van der Waals surface area contributed by atoms with Gasteiger partial charge in [-0.05, 0) is 88.5 Å². The molecule has 0 aliphatic rings. The zero-order valence-corrected chi connectivity index (χ0v) is 24.4. The molecule has 0 spiro atoms. The Morgan fingerprint density at radius 3 is 2.69 bits per heavy atom. The molecule has 0 saturated carbocycles. The standard InChI is InChI=1S/C26H22Br2ClN3O3S/c1-4-13(2)14-6-8-22-21(9-14)30-25(35-22)15-5-7-19(29)20(10-15)31-26(36)32-24(33)17-11-16(27)12-18(28)23(17)34-3/h5-13H,4H2,1-3H3,(H2,31,32,33,36)/t13-/m0/s1. The van der Waals surface area contributed by atoms with Gasteiger partial charge in [0.15, 0.2) is 10.7 Å². The quantitative estimate of drug-likeness (QED) is 0.204. The zero-order valence-electron chi connectivity index (χ0n) is 19.6. The molecule has 0 aliphatic heterocycles. The second kappa shape index (κ2) is 11.3. The lowest BCUT2D eigenvalue weighted by molar-refractivity contribution is 0.0974. The summed E-state index contributed by atoms with van der Waals surface area (Å²) in [7, 11) is 1.49. The fraction of sp³-hybridized carbons (Fsp3) is 0.192. The maximum absolute atomic E-state index is 12.9. The lowest BCUT2D eigenvalue weighted by Gasteiger charge is -2.14. The molecule has 1 amide bonds. The minimum absolute atomic E-state index is 0.0768. The molecule has 186 valence electrons. The maximum Gasteiger partial charge on any atom is 0.261 e. The molecule has 1 atom stereocenters. The molecule has 0 fully saturated rings. The third-order valence-electron chi connectivity index (χ3n) is 5.74. The van der Waals surface area contributed by atoms with Crippen molar-refractivity contribution < 1.29 is 13.9 Å². The molecular weight excluding hydrogens is 630 g/mol. The first kappa shape index (κ1) is 26.6. The number of halogens is 3. The molecule has 4 rings (SSSR count). The van der Waals surface area contributed by atoms with E-state index in [0.29, 0.717) is 48.4 Å². The van der Waals surface area contributed by atoms with Crippen LogP contribution in [-0.4, -0.2) is 23.1 Å². The highest BCUT2D eigenvalue weighted by Gasteiger charge is 2.18. The number of rotatable bonds is 6. The molecule has 10 heteroatoms. The van der Waals surface area contributed by atoms with Crippen molar-refractivity contribution in [2.45, 2.75) is 26.2 Å². The van der Waals surface area contributed by atoms with Crippen LogP contribution in [0.2, 0.25) is 5.02 Å². The number of carbonyl (C=O) groups is 1. The summed E-state index contributed by atoms with van der Waals surface area (Å²) in [6, 6.07) is 14.8. The SMILES string of the molecule is CC[C@H](C)c1ccc2oc(-c3ccc(Cl)c(NC(=S)NC(=O)c4cc(Br)cc(Br)c4OC)c3)nc2c1. The minimum atomic E-state index is -0.435. The summed E-state index contributed by atoms with van der Waals surface area (Å²) in [5.74, 6) is 0.862. The van der Waals surface area contributed by atoms with E-state index in [2.05, 4.69) is 73.5 Å². The number of carbonyl (C=O) groups excluding carboxylic acids is 1. The third-order valence-corrected chi connectivity index (χ3v) is 7.32. The van der Waals surface area contributed by atoms with Gasteiger partial charge in [-0.25, -0.2) is 4.98 Å². The van der Waals surface area contributed by atoms with Gasteiger partial charge in [0.2, 0.25) is 5.89 Å². The number of methoxy groups -OCH3 is 1. The fourth-order valence-corrected chi connectivity index (χ4v) is 5.38. The van der Waals surface area contributed by atoms with Crippen LogP contribution in [0.1, 0.15) is 42.1 Å². The summed E-state index contributed by atoms with van der Waals surface area (Å²) >= 11 is 18.6. The number of benzene rings is 3. The monoisotopic (exact) mass is 649 g/mol. The van der Waals surface area contributed by atoms with Gasteiger partial charge in [0.05, 0.1) is 27.9 Å². The van der Waals surface area contributed by atoms with Crippen LogP contribution >= 0.6 is 55.7 Å².